The number of benzene rings is 3. The van der Waals surface area contributed by atoms with Crippen LogP contribution in [-0.4, -0.2) is 34.6 Å². The minimum absolute atomic E-state index is 0.102. The highest BCUT2D eigenvalue weighted by Gasteiger charge is 2.32. The molecule has 194 valence electrons. The molecular formula is C31H35FN2O2S. The van der Waals surface area contributed by atoms with E-state index in [0.717, 1.165) is 42.4 Å². The number of amides is 2. The van der Waals surface area contributed by atoms with Crippen molar-refractivity contribution in [1.82, 2.24) is 10.2 Å². The molecule has 6 heteroatoms. The molecule has 1 aliphatic rings. The van der Waals surface area contributed by atoms with Gasteiger partial charge in [-0.1, -0.05) is 91.2 Å². The number of thioether (sulfide) groups is 1. The number of aryl methyl sites for hydroxylation is 1. The summed E-state index contributed by atoms with van der Waals surface area (Å²) in [4.78, 5) is 29.1. The number of rotatable bonds is 11. The standard InChI is InChI=1S/C31H35FN2O2S/c1-23-15-17-25(18-16-23)20-34(30(35)22-37-21-26-11-5-8-14-28(26)32)29(19-24-9-3-2-4-10-24)31(36)33-27-12-6-7-13-27/h2-5,8-11,14-18,27,29H,6-7,12-13,19-22H2,1H3,(H,33,36)/t29-/m0/s1. The van der Waals surface area contributed by atoms with E-state index in [4.69, 9.17) is 0 Å². The van der Waals surface area contributed by atoms with Crippen LogP contribution in [0.5, 0.6) is 0 Å². The average molecular weight is 519 g/mol. The summed E-state index contributed by atoms with van der Waals surface area (Å²) in [6, 6.07) is 24.1. The maximum Gasteiger partial charge on any atom is 0.243 e. The van der Waals surface area contributed by atoms with Crippen molar-refractivity contribution in [2.24, 2.45) is 0 Å². The Balaban J connectivity index is 1.56. The summed E-state index contributed by atoms with van der Waals surface area (Å²) in [5.41, 5.74) is 3.70. The number of hydrogen-bond acceptors (Lipinski definition) is 3. The lowest BCUT2D eigenvalue weighted by molar-refractivity contribution is -0.139. The molecule has 0 spiro atoms. The van der Waals surface area contributed by atoms with Crippen molar-refractivity contribution in [2.45, 2.75) is 63.4 Å². The van der Waals surface area contributed by atoms with Crippen LogP contribution in [0.25, 0.3) is 0 Å². The third-order valence-electron chi connectivity index (χ3n) is 6.89. The molecule has 0 bridgehead atoms. The van der Waals surface area contributed by atoms with Crippen LogP contribution in [0.2, 0.25) is 0 Å². The smallest absolute Gasteiger partial charge is 0.243 e. The summed E-state index contributed by atoms with van der Waals surface area (Å²) in [5, 5.41) is 3.23. The minimum Gasteiger partial charge on any atom is -0.352 e. The second kappa shape index (κ2) is 13.4. The first kappa shape index (κ1) is 26.9. The van der Waals surface area contributed by atoms with Gasteiger partial charge in [-0.3, -0.25) is 9.59 Å². The highest BCUT2D eigenvalue weighted by molar-refractivity contribution is 7.99. The fourth-order valence-corrected chi connectivity index (χ4v) is 5.65. The van der Waals surface area contributed by atoms with E-state index in [1.165, 1.54) is 17.8 Å². The summed E-state index contributed by atoms with van der Waals surface area (Å²) in [7, 11) is 0. The van der Waals surface area contributed by atoms with Gasteiger partial charge in [-0.15, -0.1) is 11.8 Å². The molecule has 3 aromatic rings. The van der Waals surface area contributed by atoms with Gasteiger partial charge >= 0.3 is 0 Å². The van der Waals surface area contributed by atoms with Crippen LogP contribution in [0.4, 0.5) is 4.39 Å². The van der Waals surface area contributed by atoms with Gasteiger partial charge < -0.3 is 10.2 Å². The van der Waals surface area contributed by atoms with Crippen LogP contribution in [-0.2, 0) is 28.3 Å². The molecule has 1 saturated carbocycles. The summed E-state index contributed by atoms with van der Waals surface area (Å²) in [5.74, 6) is 0.0768. The van der Waals surface area contributed by atoms with E-state index in [2.05, 4.69) is 5.32 Å². The SMILES string of the molecule is Cc1ccc(CN(C(=O)CSCc2ccccc2F)[C@@H](Cc2ccccc2)C(=O)NC2CCCC2)cc1. The molecule has 1 aliphatic carbocycles. The quantitative estimate of drug-likeness (QED) is 0.335. The monoisotopic (exact) mass is 518 g/mol. The highest BCUT2D eigenvalue weighted by Crippen LogP contribution is 2.22. The van der Waals surface area contributed by atoms with Gasteiger partial charge in [-0.25, -0.2) is 4.39 Å². The van der Waals surface area contributed by atoms with Crippen LogP contribution >= 0.6 is 11.8 Å². The van der Waals surface area contributed by atoms with Gasteiger partial charge in [0, 0.05) is 24.8 Å². The number of halogens is 1. The molecule has 1 fully saturated rings. The Labute approximate surface area is 223 Å². The predicted octanol–water partition coefficient (Wildman–Crippen LogP) is 6.07. The number of carbonyl (C=O) groups excluding carboxylic acids is 2. The Kier molecular flexibility index (Phi) is 9.78. The normalized spacial score (nSPS) is 14.3. The number of nitrogens with zero attached hydrogens (tertiary/aromatic N) is 1. The fourth-order valence-electron chi connectivity index (χ4n) is 4.76. The van der Waals surface area contributed by atoms with Gasteiger partial charge in [0.15, 0.2) is 0 Å². The molecule has 0 radical (unpaired) electrons. The largest absolute Gasteiger partial charge is 0.352 e. The first-order valence-corrected chi connectivity index (χ1v) is 14.2. The highest BCUT2D eigenvalue weighted by atomic mass is 32.2. The number of nitrogens with one attached hydrogen (secondary N) is 1. The van der Waals surface area contributed by atoms with E-state index < -0.39 is 6.04 Å². The molecule has 0 aromatic heterocycles. The topological polar surface area (TPSA) is 49.4 Å². The summed E-state index contributed by atoms with van der Waals surface area (Å²) in [6.07, 6.45) is 4.64. The minimum atomic E-state index is -0.633. The summed E-state index contributed by atoms with van der Waals surface area (Å²) in [6.45, 7) is 2.37. The van der Waals surface area contributed by atoms with Gasteiger partial charge in [-0.05, 0) is 42.5 Å². The second-order valence-electron chi connectivity index (χ2n) is 9.79. The van der Waals surface area contributed by atoms with Crippen LogP contribution in [0, 0.1) is 12.7 Å². The zero-order chi connectivity index (χ0) is 26.0. The van der Waals surface area contributed by atoms with Crippen molar-refractivity contribution in [3.05, 3.63) is 107 Å². The van der Waals surface area contributed by atoms with Gasteiger partial charge in [0.1, 0.15) is 11.9 Å². The van der Waals surface area contributed by atoms with Crippen molar-refractivity contribution < 1.29 is 14.0 Å². The van der Waals surface area contributed by atoms with Crippen LogP contribution in [0.1, 0.15) is 47.9 Å². The van der Waals surface area contributed by atoms with Gasteiger partial charge in [-0.2, -0.15) is 0 Å². The van der Waals surface area contributed by atoms with Crippen molar-refractivity contribution in [3.8, 4) is 0 Å². The van der Waals surface area contributed by atoms with Crippen LogP contribution in [0.15, 0.2) is 78.9 Å². The summed E-state index contributed by atoms with van der Waals surface area (Å²) < 4.78 is 14.1. The Morgan fingerprint density at radius 3 is 2.32 bits per heavy atom. The molecule has 2 amide bonds. The lowest BCUT2D eigenvalue weighted by atomic mass is 10.0. The van der Waals surface area contributed by atoms with E-state index >= 15 is 0 Å². The van der Waals surface area contributed by atoms with Gasteiger partial charge in [0.05, 0.1) is 5.75 Å². The van der Waals surface area contributed by atoms with E-state index in [1.54, 1.807) is 23.1 Å². The lowest BCUT2D eigenvalue weighted by Gasteiger charge is -2.32. The van der Waals surface area contributed by atoms with Gasteiger partial charge in [0.25, 0.3) is 0 Å². The zero-order valence-corrected chi connectivity index (χ0v) is 22.2. The maximum atomic E-state index is 14.1. The number of hydrogen-bond donors (Lipinski definition) is 1. The molecule has 1 N–H and O–H groups in total. The molecule has 3 aromatic carbocycles. The molecule has 4 rings (SSSR count). The first-order valence-electron chi connectivity index (χ1n) is 13.0. The Bertz CT molecular complexity index is 1160. The van der Waals surface area contributed by atoms with Crippen LogP contribution in [0.3, 0.4) is 0 Å². The van der Waals surface area contributed by atoms with E-state index in [0.29, 0.717) is 24.3 Å². The maximum absolute atomic E-state index is 14.1. The fraction of sp³-hybridized carbons (Fsp3) is 0.355. The van der Waals surface area contributed by atoms with E-state index in [9.17, 15) is 14.0 Å². The first-order chi connectivity index (χ1) is 18.0. The molecule has 0 saturated heterocycles. The Morgan fingerprint density at radius 1 is 0.946 bits per heavy atom. The van der Waals surface area contributed by atoms with Crippen molar-refractivity contribution in [1.29, 1.82) is 0 Å². The zero-order valence-electron chi connectivity index (χ0n) is 21.4. The molecule has 1 atom stereocenters. The molecule has 0 heterocycles. The molecule has 4 nitrogen and oxygen atoms in total. The third kappa shape index (κ3) is 7.93. The lowest BCUT2D eigenvalue weighted by Crippen LogP contribution is -2.52. The molecule has 37 heavy (non-hydrogen) atoms. The Hall–Kier alpha value is -3.12. The number of carbonyl (C=O) groups is 2. The van der Waals surface area contributed by atoms with Crippen molar-refractivity contribution in [2.75, 3.05) is 5.75 Å². The average Bonchev–Trinajstić information content (AvgIpc) is 3.42. The molecular weight excluding hydrogens is 483 g/mol. The second-order valence-corrected chi connectivity index (χ2v) is 10.8. The molecule has 0 unspecified atom stereocenters. The van der Waals surface area contributed by atoms with Crippen LogP contribution < -0.4 is 5.32 Å². The van der Waals surface area contributed by atoms with Gasteiger partial charge in [0.2, 0.25) is 11.8 Å². The third-order valence-corrected chi connectivity index (χ3v) is 7.85. The van der Waals surface area contributed by atoms with Crippen molar-refractivity contribution in [3.63, 3.8) is 0 Å². The molecule has 0 aliphatic heterocycles. The van der Waals surface area contributed by atoms with E-state index in [-0.39, 0.29) is 29.4 Å². The predicted molar refractivity (Wildman–Crippen MR) is 149 cm³/mol. The van der Waals surface area contributed by atoms with E-state index in [1.807, 2.05) is 61.5 Å². The summed E-state index contributed by atoms with van der Waals surface area (Å²) >= 11 is 1.38. The van der Waals surface area contributed by atoms with Crippen molar-refractivity contribution >= 4 is 23.6 Å². The Morgan fingerprint density at radius 2 is 1.62 bits per heavy atom.